The average Bonchev–Trinajstić information content (AvgIpc) is 3.14. The van der Waals surface area contributed by atoms with Crippen molar-refractivity contribution in [3.05, 3.63) is 108 Å². The summed E-state index contributed by atoms with van der Waals surface area (Å²) in [6.07, 6.45) is 1.98. The van der Waals surface area contributed by atoms with Crippen LogP contribution in [0.15, 0.2) is 91.5 Å². The van der Waals surface area contributed by atoms with Gasteiger partial charge < -0.3 is 10.1 Å². The standard InChI is InChI=1S/C27H25NO3/c1-2-3-17-25(29)26(19-11-5-4-6-12-19)28-27(30)31-18-24-22-15-9-7-13-20(22)21-14-8-10-16-23(21)24/h2,4-16,24,26H,1,3,17-18H2,(H,28,30)/t26-/m1/s1. The van der Waals surface area contributed by atoms with Gasteiger partial charge in [0.15, 0.2) is 5.78 Å². The molecule has 0 saturated carbocycles. The van der Waals surface area contributed by atoms with E-state index in [4.69, 9.17) is 4.74 Å². The fraction of sp³-hybridized carbons (Fsp3) is 0.185. The predicted molar refractivity (Wildman–Crippen MR) is 122 cm³/mol. The maximum absolute atomic E-state index is 12.7. The molecule has 1 amide bonds. The Balaban J connectivity index is 1.48. The third kappa shape index (κ3) is 4.43. The van der Waals surface area contributed by atoms with Gasteiger partial charge >= 0.3 is 6.09 Å². The number of carbonyl (C=O) groups is 2. The summed E-state index contributed by atoms with van der Waals surface area (Å²) < 4.78 is 5.62. The molecule has 4 rings (SSSR count). The summed E-state index contributed by atoms with van der Waals surface area (Å²) in [5.74, 6) is -0.0931. The number of hydrogen-bond acceptors (Lipinski definition) is 3. The zero-order chi connectivity index (χ0) is 21.6. The van der Waals surface area contributed by atoms with Crippen LogP contribution in [0.5, 0.6) is 0 Å². The number of fused-ring (bicyclic) bond motifs is 3. The summed E-state index contributed by atoms with van der Waals surface area (Å²) in [7, 11) is 0. The number of allylic oxidation sites excluding steroid dienone is 1. The minimum absolute atomic E-state index is 0.0233. The maximum Gasteiger partial charge on any atom is 0.408 e. The largest absolute Gasteiger partial charge is 0.449 e. The highest BCUT2D eigenvalue weighted by Gasteiger charge is 2.30. The number of hydrogen-bond donors (Lipinski definition) is 1. The summed E-state index contributed by atoms with van der Waals surface area (Å²) in [6.45, 7) is 3.88. The summed E-state index contributed by atoms with van der Waals surface area (Å²) >= 11 is 0. The Bertz CT molecular complexity index is 1040. The van der Waals surface area contributed by atoms with Gasteiger partial charge in [-0.05, 0) is 34.2 Å². The zero-order valence-electron chi connectivity index (χ0n) is 17.3. The fourth-order valence-electron chi connectivity index (χ4n) is 4.14. The first kappa shape index (κ1) is 20.6. The van der Waals surface area contributed by atoms with Crippen LogP contribution in [-0.4, -0.2) is 18.5 Å². The third-order valence-electron chi connectivity index (χ3n) is 5.66. The molecule has 0 fully saturated rings. The maximum atomic E-state index is 12.7. The van der Waals surface area contributed by atoms with Crippen molar-refractivity contribution in [2.24, 2.45) is 0 Å². The lowest BCUT2D eigenvalue weighted by atomic mass is 9.98. The molecule has 0 bridgehead atoms. The van der Waals surface area contributed by atoms with Gasteiger partial charge in [0.05, 0.1) is 0 Å². The second-order valence-corrected chi connectivity index (χ2v) is 7.61. The topological polar surface area (TPSA) is 55.4 Å². The smallest absolute Gasteiger partial charge is 0.408 e. The SMILES string of the molecule is C=CCCC(=O)[C@H](NC(=O)OCC1c2ccccc2-c2ccccc21)c1ccccc1. The fourth-order valence-corrected chi connectivity index (χ4v) is 4.14. The lowest BCUT2D eigenvalue weighted by Crippen LogP contribution is -2.35. The molecule has 31 heavy (non-hydrogen) atoms. The van der Waals surface area contributed by atoms with E-state index in [1.165, 1.54) is 11.1 Å². The predicted octanol–water partition coefficient (Wildman–Crippen LogP) is 5.80. The van der Waals surface area contributed by atoms with Gasteiger partial charge in [0.25, 0.3) is 0 Å². The number of alkyl carbamates (subject to hydrolysis) is 1. The monoisotopic (exact) mass is 411 g/mol. The molecule has 0 aromatic heterocycles. The van der Waals surface area contributed by atoms with Crippen molar-refractivity contribution in [2.45, 2.75) is 24.8 Å². The minimum atomic E-state index is -0.739. The molecule has 4 heteroatoms. The van der Waals surface area contributed by atoms with E-state index in [0.29, 0.717) is 12.8 Å². The van der Waals surface area contributed by atoms with Crippen LogP contribution in [0.4, 0.5) is 4.79 Å². The number of ketones is 1. The van der Waals surface area contributed by atoms with Crippen LogP contribution in [0.2, 0.25) is 0 Å². The number of nitrogens with one attached hydrogen (secondary N) is 1. The van der Waals surface area contributed by atoms with E-state index < -0.39 is 12.1 Å². The van der Waals surface area contributed by atoms with E-state index in [2.05, 4.69) is 36.2 Å². The normalized spacial score (nSPS) is 13.0. The minimum Gasteiger partial charge on any atom is -0.449 e. The Morgan fingerprint density at radius 3 is 2.10 bits per heavy atom. The molecular formula is C27H25NO3. The van der Waals surface area contributed by atoms with Gasteiger partial charge in [0.2, 0.25) is 0 Å². The molecule has 156 valence electrons. The van der Waals surface area contributed by atoms with Crippen molar-refractivity contribution in [3.63, 3.8) is 0 Å². The number of Topliss-reactive ketones (excluding diaryl/α,β-unsaturated/α-hetero) is 1. The molecule has 1 aliphatic rings. The molecule has 0 radical (unpaired) electrons. The molecule has 1 atom stereocenters. The Labute approximate surface area is 182 Å². The average molecular weight is 412 g/mol. The van der Waals surface area contributed by atoms with Crippen LogP contribution < -0.4 is 5.32 Å². The molecule has 3 aromatic carbocycles. The first-order valence-electron chi connectivity index (χ1n) is 10.5. The van der Waals surface area contributed by atoms with Crippen LogP contribution in [0.25, 0.3) is 11.1 Å². The Morgan fingerprint density at radius 1 is 0.903 bits per heavy atom. The highest BCUT2D eigenvalue weighted by Crippen LogP contribution is 2.44. The van der Waals surface area contributed by atoms with Crippen molar-refractivity contribution in [2.75, 3.05) is 6.61 Å². The van der Waals surface area contributed by atoms with Gasteiger partial charge in [-0.1, -0.05) is 84.9 Å². The zero-order valence-corrected chi connectivity index (χ0v) is 17.3. The van der Waals surface area contributed by atoms with E-state index >= 15 is 0 Å². The van der Waals surface area contributed by atoms with Crippen LogP contribution in [0, 0.1) is 0 Å². The van der Waals surface area contributed by atoms with E-state index in [-0.39, 0.29) is 18.3 Å². The van der Waals surface area contributed by atoms with Gasteiger partial charge in [-0.3, -0.25) is 4.79 Å². The van der Waals surface area contributed by atoms with E-state index in [9.17, 15) is 9.59 Å². The second kappa shape index (κ2) is 9.43. The summed E-state index contributed by atoms with van der Waals surface area (Å²) in [4.78, 5) is 25.4. The van der Waals surface area contributed by atoms with Crippen molar-refractivity contribution >= 4 is 11.9 Å². The number of amides is 1. The van der Waals surface area contributed by atoms with Crippen molar-refractivity contribution in [1.82, 2.24) is 5.32 Å². The van der Waals surface area contributed by atoms with E-state index in [0.717, 1.165) is 16.7 Å². The lowest BCUT2D eigenvalue weighted by Gasteiger charge is -2.19. The van der Waals surface area contributed by atoms with Gasteiger partial charge in [-0.25, -0.2) is 4.79 Å². The molecular weight excluding hydrogens is 386 g/mol. The van der Waals surface area contributed by atoms with Crippen LogP contribution in [0.3, 0.4) is 0 Å². The van der Waals surface area contributed by atoms with Crippen LogP contribution in [-0.2, 0) is 9.53 Å². The second-order valence-electron chi connectivity index (χ2n) is 7.61. The van der Waals surface area contributed by atoms with Crippen molar-refractivity contribution in [1.29, 1.82) is 0 Å². The first-order chi connectivity index (χ1) is 15.2. The Kier molecular flexibility index (Phi) is 6.27. The first-order valence-corrected chi connectivity index (χ1v) is 10.5. The molecule has 1 N–H and O–H groups in total. The van der Waals surface area contributed by atoms with Crippen LogP contribution >= 0.6 is 0 Å². The summed E-state index contributed by atoms with van der Waals surface area (Å²) in [5.41, 5.74) is 5.39. The molecule has 3 aromatic rings. The van der Waals surface area contributed by atoms with E-state index in [1.807, 2.05) is 54.6 Å². The number of carbonyl (C=O) groups excluding carboxylic acids is 2. The quantitative estimate of drug-likeness (QED) is 0.477. The molecule has 0 saturated heterocycles. The van der Waals surface area contributed by atoms with Crippen LogP contribution in [0.1, 0.15) is 41.5 Å². The Morgan fingerprint density at radius 2 is 1.48 bits per heavy atom. The van der Waals surface area contributed by atoms with Gasteiger partial charge in [0, 0.05) is 12.3 Å². The molecule has 4 nitrogen and oxygen atoms in total. The highest BCUT2D eigenvalue weighted by atomic mass is 16.5. The van der Waals surface area contributed by atoms with Gasteiger partial charge in [-0.15, -0.1) is 6.58 Å². The van der Waals surface area contributed by atoms with Crippen molar-refractivity contribution < 1.29 is 14.3 Å². The molecule has 0 heterocycles. The summed E-state index contributed by atoms with van der Waals surface area (Å²) in [6, 6.07) is 24.9. The third-order valence-corrected chi connectivity index (χ3v) is 5.66. The number of ether oxygens (including phenoxy) is 1. The number of rotatable bonds is 8. The highest BCUT2D eigenvalue weighted by molar-refractivity contribution is 5.88. The Hall–Kier alpha value is -3.66. The van der Waals surface area contributed by atoms with E-state index in [1.54, 1.807) is 6.08 Å². The molecule has 0 aliphatic heterocycles. The summed E-state index contributed by atoms with van der Waals surface area (Å²) in [5, 5.41) is 2.77. The number of benzene rings is 3. The molecule has 0 spiro atoms. The molecule has 0 unspecified atom stereocenters. The van der Waals surface area contributed by atoms with Gasteiger partial charge in [-0.2, -0.15) is 0 Å². The lowest BCUT2D eigenvalue weighted by molar-refractivity contribution is -0.121. The van der Waals surface area contributed by atoms with Gasteiger partial charge in [0.1, 0.15) is 12.6 Å². The van der Waals surface area contributed by atoms with Crippen molar-refractivity contribution in [3.8, 4) is 11.1 Å². The molecule has 1 aliphatic carbocycles.